The van der Waals surface area contributed by atoms with Gasteiger partial charge in [-0.15, -0.1) is 0 Å². The Morgan fingerprint density at radius 2 is 1.82 bits per heavy atom. The van der Waals surface area contributed by atoms with Crippen LogP contribution in [-0.2, 0) is 5.41 Å². The molecule has 0 unspecified atom stereocenters. The van der Waals surface area contributed by atoms with Crippen LogP contribution in [0, 0.1) is 11.3 Å². The molecule has 5 aromatic rings. The fourth-order valence-corrected chi connectivity index (χ4v) is 3.89. The minimum absolute atomic E-state index is 0.220. The van der Waals surface area contributed by atoms with Gasteiger partial charge in [-0.05, 0) is 55.8 Å². The molecule has 0 radical (unpaired) electrons. The highest BCUT2D eigenvalue weighted by Gasteiger charge is 2.20. The Labute approximate surface area is 193 Å². The third kappa shape index (κ3) is 3.29. The maximum atomic E-state index is 13.0. The van der Waals surface area contributed by atoms with E-state index in [9.17, 15) is 14.9 Å². The Balaban J connectivity index is 1.84. The van der Waals surface area contributed by atoms with Crippen molar-refractivity contribution in [2.45, 2.75) is 19.3 Å². The van der Waals surface area contributed by atoms with E-state index in [1.165, 1.54) is 10.8 Å². The summed E-state index contributed by atoms with van der Waals surface area (Å²) in [6.07, 6.45) is 3.02. The zero-order chi connectivity index (χ0) is 24.0. The van der Waals surface area contributed by atoms with Crippen molar-refractivity contribution in [3.8, 4) is 23.0 Å². The van der Waals surface area contributed by atoms with Crippen molar-refractivity contribution < 1.29 is 0 Å². The number of hydrogen-bond acceptors (Lipinski definition) is 7. The number of nitrogens with one attached hydrogen (secondary N) is 1. The van der Waals surface area contributed by atoms with Crippen LogP contribution in [0.2, 0.25) is 0 Å². The summed E-state index contributed by atoms with van der Waals surface area (Å²) in [6.45, 7) is 3.64. The second kappa shape index (κ2) is 7.64. The van der Waals surface area contributed by atoms with Gasteiger partial charge in [0.1, 0.15) is 11.3 Å². The second-order valence-corrected chi connectivity index (χ2v) is 8.40. The summed E-state index contributed by atoms with van der Waals surface area (Å²) < 4.78 is 1.40. The predicted octanol–water partition coefficient (Wildman–Crippen LogP) is 3.07. The summed E-state index contributed by atoms with van der Waals surface area (Å²) in [5, 5.41) is 9.65. The van der Waals surface area contributed by atoms with Crippen LogP contribution < -0.4 is 17.0 Å². The van der Waals surface area contributed by atoms with Crippen LogP contribution in [0.5, 0.6) is 0 Å². The molecule has 0 aliphatic carbocycles. The molecule has 0 aliphatic heterocycles. The summed E-state index contributed by atoms with van der Waals surface area (Å²) >= 11 is 0. The van der Waals surface area contributed by atoms with Gasteiger partial charge in [-0.2, -0.15) is 5.26 Å². The van der Waals surface area contributed by atoms with Crippen molar-refractivity contribution in [1.29, 1.82) is 5.26 Å². The molecule has 4 aromatic heterocycles. The Kier molecular flexibility index (Phi) is 4.72. The number of nitriles is 1. The first kappa shape index (κ1) is 21.0. The lowest BCUT2D eigenvalue weighted by atomic mass is 9.86. The van der Waals surface area contributed by atoms with Crippen LogP contribution in [0.25, 0.3) is 38.9 Å². The molecule has 0 saturated carbocycles. The molecule has 34 heavy (non-hydrogen) atoms. The number of aromatic amines is 1. The Morgan fingerprint density at radius 1 is 1.06 bits per heavy atom. The lowest BCUT2D eigenvalue weighted by Gasteiger charge is -2.17. The molecule has 0 aliphatic rings. The number of nitrogens with zero attached hydrogens (tertiary/aromatic N) is 5. The number of H-pyrrole nitrogens is 1. The predicted molar refractivity (Wildman–Crippen MR) is 130 cm³/mol. The van der Waals surface area contributed by atoms with Crippen molar-refractivity contribution in [3.05, 3.63) is 87.3 Å². The number of aromatic nitrogens is 5. The van der Waals surface area contributed by atoms with Gasteiger partial charge in [0.25, 0.3) is 5.56 Å². The Hall–Kier alpha value is -4.84. The normalized spacial score (nSPS) is 11.6. The zero-order valence-corrected chi connectivity index (χ0v) is 18.4. The first-order chi connectivity index (χ1) is 16.3. The molecule has 0 amide bonds. The van der Waals surface area contributed by atoms with Gasteiger partial charge in [-0.25, -0.2) is 14.8 Å². The quantitative estimate of drug-likeness (QED) is 0.403. The van der Waals surface area contributed by atoms with Crippen molar-refractivity contribution >= 4 is 27.8 Å². The molecule has 0 fully saturated rings. The van der Waals surface area contributed by atoms with Crippen molar-refractivity contribution in [3.63, 3.8) is 0 Å². The number of nitrogens with two attached hydrogens (primary N) is 1. The average Bonchev–Trinajstić information content (AvgIpc) is 2.84. The number of rotatable bonds is 3. The maximum absolute atomic E-state index is 13.0. The van der Waals surface area contributed by atoms with Gasteiger partial charge in [-0.1, -0.05) is 12.1 Å². The zero-order valence-electron chi connectivity index (χ0n) is 18.4. The lowest BCUT2D eigenvalue weighted by Crippen LogP contribution is -2.29. The molecule has 0 bridgehead atoms. The first-order valence-electron chi connectivity index (χ1n) is 10.5. The average molecular weight is 449 g/mol. The SMILES string of the molecule is CC(C)(C#N)c1ccc(-n2c(=O)[nH]c(=O)c3cnc4ccc(-c5cccnc5N)nc4c32)cc1. The van der Waals surface area contributed by atoms with Crippen LogP contribution in [-0.4, -0.2) is 24.5 Å². The van der Waals surface area contributed by atoms with Crippen molar-refractivity contribution in [2.24, 2.45) is 0 Å². The molecular weight excluding hydrogens is 430 g/mol. The smallest absolute Gasteiger partial charge is 0.333 e. The van der Waals surface area contributed by atoms with Crippen molar-refractivity contribution in [2.75, 3.05) is 5.73 Å². The van der Waals surface area contributed by atoms with Gasteiger partial charge in [0.2, 0.25) is 0 Å². The molecule has 166 valence electrons. The van der Waals surface area contributed by atoms with Gasteiger partial charge in [0.15, 0.2) is 0 Å². The van der Waals surface area contributed by atoms with Gasteiger partial charge < -0.3 is 5.73 Å². The largest absolute Gasteiger partial charge is 0.383 e. The maximum Gasteiger partial charge on any atom is 0.333 e. The van der Waals surface area contributed by atoms with Gasteiger partial charge in [-0.3, -0.25) is 19.3 Å². The summed E-state index contributed by atoms with van der Waals surface area (Å²) in [5.41, 5.74) is 7.90. The monoisotopic (exact) mass is 449 g/mol. The van der Waals surface area contributed by atoms with E-state index in [0.29, 0.717) is 39.3 Å². The minimum atomic E-state index is -0.687. The third-order valence-electron chi connectivity index (χ3n) is 5.82. The topological polar surface area (TPSA) is 143 Å². The Morgan fingerprint density at radius 3 is 2.53 bits per heavy atom. The van der Waals surface area contributed by atoms with Crippen molar-refractivity contribution in [1.82, 2.24) is 24.5 Å². The van der Waals surface area contributed by atoms with E-state index in [2.05, 4.69) is 21.0 Å². The lowest BCUT2D eigenvalue weighted by molar-refractivity contribution is 0.686. The van der Waals surface area contributed by atoms with Gasteiger partial charge in [0, 0.05) is 18.0 Å². The highest BCUT2D eigenvalue weighted by Crippen LogP contribution is 2.28. The van der Waals surface area contributed by atoms with Gasteiger partial charge >= 0.3 is 5.69 Å². The van der Waals surface area contributed by atoms with E-state index in [0.717, 1.165) is 5.56 Å². The highest BCUT2D eigenvalue weighted by molar-refractivity contribution is 6.02. The molecule has 3 N–H and O–H groups in total. The molecule has 4 heterocycles. The molecule has 0 spiro atoms. The first-order valence-corrected chi connectivity index (χ1v) is 10.5. The number of fused-ring (bicyclic) bond motifs is 3. The highest BCUT2D eigenvalue weighted by atomic mass is 16.2. The van der Waals surface area contributed by atoms with E-state index in [4.69, 9.17) is 10.7 Å². The molecule has 0 atom stereocenters. The molecule has 9 nitrogen and oxygen atoms in total. The fraction of sp³-hybridized carbons (Fsp3) is 0.120. The number of nitrogen functional groups attached to an aromatic ring is 1. The summed E-state index contributed by atoms with van der Waals surface area (Å²) in [5.74, 6) is 0.313. The molecule has 5 rings (SSSR count). The fourth-order valence-electron chi connectivity index (χ4n) is 3.89. The molecule has 9 heteroatoms. The molecular formula is C25H19N7O2. The number of benzene rings is 1. The van der Waals surface area contributed by atoms with E-state index in [-0.39, 0.29) is 5.39 Å². The summed E-state index contributed by atoms with van der Waals surface area (Å²) in [4.78, 5) is 41.3. The van der Waals surface area contributed by atoms with Crippen LogP contribution in [0.1, 0.15) is 19.4 Å². The van der Waals surface area contributed by atoms with E-state index in [1.807, 2.05) is 13.8 Å². The van der Waals surface area contributed by atoms with E-state index < -0.39 is 16.7 Å². The van der Waals surface area contributed by atoms with Crippen LogP contribution in [0.15, 0.2) is 70.5 Å². The summed E-state index contributed by atoms with van der Waals surface area (Å²) in [6, 6.07) is 16.4. The van der Waals surface area contributed by atoms with Crippen LogP contribution >= 0.6 is 0 Å². The Bertz CT molecular complexity index is 1740. The number of pyridine rings is 3. The van der Waals surface area contributed by atoms with Crippen LogP contribution in [0.3, 0.4) is 0 Å². The standard InChI is InChI=1S/C25H19N7O2/c1-25(2,13-26)14-5-7-15(8-6-14)32-21-17(23(33)31-24(32)34)12-29-19-10-9-18(30-20(19)21)16-4-3-11-28-22(16)27/h3-12H,1-2H3,(H2,27,28)(H,31,33,34). The molecule has 0 saturated heterocycles. The number of anilines is 1. The van der Waals surface area contributed by atoms with E-state index >= 15 is 0 Å². The van der Waals surface area contributed by atoms with E-state index in [1.54, 1.807) is 54.7 Å². The summed E-state index contributed by atoms with van der Waals surface area (Å²) in [7, 11) is 0. The molecule has 1 aromatic carbocycles. The van der Waals surface area contributed by atoms with Gasteiger partial charge in [0.05, 0.1) is 39.3 Å². The minimum Gasteiger partial charge on any atom is -0.383 e. The third-order valence-corrected chi connectivity index (χ3v) is 5.82. The number of hydrogen-bond donors (Lipinski definition) is 2. The van der Waals surface area contributed by atoms with Crippen LogP contribution in [0.4, 0.5) is 5.82 Å². The second-order valence-electron chi connectivity index (χ2n) is 8.40.